The molecule has 0 bridgehead atoms. The normalized spacial score (nSPS) is 12.3. The van der Waals surface area contributed by atoms with E-state index >= 15 is 0 Å². The molecule has 127 heavy (non-hydrogen) atoms. The number of nitrogens with two attached hydrogens (primary N) is 5. The molecule has 0 spiro atoms. The van der Waals surface area contributed by atoms with Crippen LogP contribution < -0.4 is 71.0 Å². The Bertz CT molecular complexity index is 5770. The van der Waals surface area contributed by atoms with Crippen LogP contribution in [0.1, 0.15) is 34.6 Å². The van der Waals surface area contributed by atoms with Crippen LogP contribution in [0.5, 0.6) is 0 Å². The number of amides is 4. The van der Waals surface area contributed by atoms with E-state index in [0.717, 1.165) is 64.4 Å². The van der Waals surface area contributed by atoms with Crippen LogP contribution in [0.3, 0.4) is 0 Å². The van der Waals surface area contributed by atoms with Gasteiger partial charge in [-0.25, -0.2) is 25.9 Å². The first kappa shape index (κ1) is 94.4. The van der Waals surface area contributed by atoms with Crippen molar-refractivity contribution in [1.29, 1.82) is 0 Å². The summed E-state index contributed by atoms with van der Waals surface area (Å²) in [6.45, 7) is 5.49. The molecule has 9 heterocycles. The second-order valence-corrected chi connectivity index (χ2v) is 28.8. The van der Waals surface area contributed by atoms with E-state index in [4.69, 9.17) is 99.4 Å². The van der Waals surface area contributed by atoms with Gasteiger partial charge >= 0.3 is 12.1 Å². The number of hydrazone groups is 6. The van der Waals surface area contributed by atoms with Crippen molar-refractivity contribution in [2.45, 2.75) is 0 Å². The summed E-state index contributed by atoms with van der Waals surface area (Å²) in [6, 6.07) is 61.9. The second-order valence-electron chi connectivity index (χ2n) is 25.3. The number of furan rings is 6. The molecule has 7 aromatic heterocycles. The Morgan fingerprint density at radius 2 is 0.724 bits per heavy atom. The first-order valence-corrected chi connectivity index (χ1v) is 40.2. The molecule has 15 rings (SSSR count). The van der Waals surface area contributed by atoms with E-state index < -0.39 is 21.9 Å². The Labute approximate surface area is 761 Å². The molecular formula is C82H74BrCl3N24O14S3. The fourth-order valence-electron chi connectivity index (χ4n) is 10.6. The van der Waals surface area contributed by atoms with Crippen LogP contribution in [0.25, 0.3) is 67.9 Å². The molecule has 13 aromatic rings. The zero-order chi connectivity index (χ0) is 90.4. The fourth-order valence-corrected chi connectivity index (χ4v) is 11.5. The number of anilines is 3. The second kappa shape index (κ2) is 48.8. The summed E-state index contributed by atoms with van der Waals surface area (Å²) < 4.78 is 45.4. The fraction of sp³-hybridized carbons (Fsp3) is 0.0976. The van der Waals surface area contributed by atoms with Crippen molar-refractivity contribution in [3.05, 3.63) is 293 Å². The molecule has 0 atom stereocenters. The highest BCUT2D eigenvalue weighted by Gasteiger charge is 2.22. The number of nitrogens with one attached hydrogen (secondary N) is 6. The number of thiocarbonyl (C=S) groups is 3. The molecule has 2 fully saturated rings. The van der Waals surface area contributed by atoms with Gasteiger partial charge in [0.2, 0.25) is 17.8 Å². The maximum absolute atomic E-state index is 10.7. The van der Waals surface area contributed by atoms with Gasteiger partial charge in [0.25, 0.3) is 11.4 Å². The molecule has 2 saturated heterocycles. The third-order valence-electron chi connectivity index (χ3n) is 16.4. The Hall–Kier alpha value is -14.9. The van der Waals surface area contributed by atoms with Gasteiger partial charge in [-0.15, -0.1) is 0 Å². The molecule has 16 N–H and O–H groups in total. The lowest BCUT2D eigenvalue weighted by Gasteiger charge is -2.30. The standard InChI is InChI=1S/C22H24ClN7O3.C12H10BrN3OS.C12H10ClN3O2.C12H10ClN3OS.C12H10N4O4.C12H10N4O3S/c23-18-4-2-1-3-17(18)19-6-5-16(33-19)15-24-28-20-25-21(29-7-11-31-12-8-29)27-22(26-20)30-9-13-32-14-10-30;13-9-3-1-8(2-4-9)11-6-5-10(17-11)7-15-16-12(14)18;13-9-3-1-8(2-4-9)11-6-5-10(18-11)7-15-16-12(14)17;13-9-3-1-8(2-4-9)11-6-5-10(17-11)7-15-16-12(14)18;13-12(17)15-14-7-10-5-6-11(20-10)8-1-3-9(4-2-8)16(18)19;13-12(20)15-14-7-10-4-5-11(19-10)8-2-1-3-9(6-8)16(17)18/h1-6,15H,7-14H2,(H,25,26,27,28);1-7H,(H3,14,16,18);1-7H,(H3,14,16,17);1-7H,(H3,14,16,18);1-7H,(H3,13,15,17);1-7H,(H3,13,15,20)/b24-15+;3*15-7+;2*14-7+. The van der Waals surface area contributed by atoms with Crippen LogP contribution in [0.4, 0.5) is 38.8 Å². The van der Waals surface area contributed by atoms with E-state index in [-0.39, 0.29) is 26.7 Å². The number of nitro groups is 2. The van der Waals surface area contributed by atoms with Crippen LogP contribution in [0.2, 0.25) is 15.1 Å². The van der Waals surface area contributed by atoms with Gasteiger partial charge in [-0.1, -0.05) is 87.1 Å². The van der Waals surface area contributed by atoms with Crippen molar-refractivity contribution < 1.29 is 55.4 Å². The van der Waals surface area contributed by atoms with Crippen LogP contribution in [0.15, 0.2) is 280 Å². The number of hydrogen-bond donors (Lipinski definition) is 11. The number of nitrogens with zero attached hydrogens (tertiary/aromatic N) is 13. The van der Waals surface area contributed by atoms with Crippen molar-refractivity contribution in [3.8, 4) is 67.9 Å². The van der Waals surface area contributed by atoms with Gasteiger partial charge in [0.1, 0.15) is 69.1 Å². The number of carbonyl (C=O) groups excluding carboxylic acids is 2. The van der Waals surface area contributed by atoms with Crippen LogP contribution >= 0.6 is 87.4 Å². The molecule has 652 valence electrons. The summed E-state index contributed by atoms with van der Waals surface area (Å²) >= 11 is 35.1. The lowest BCUT2D eigenvalue weighted by molar-refractivity contribution is -0.385. The molecule has 2 aliphatic rings. The van der Waals surface area contributed by atoms with E-state index in [0.29, 0.717) is 128 Å². The minimum Gasteiger partial charge on any atom is -0.455 e. The third kappa shape index (κ3) is 31.8. The van der Waals surface area contributed by atoms with Gasteiger partial charge in [-0.2, -0.15) is 45.6 Å². The average molecular weight is 1900 g/mol. The number of non-ortho nitro benzene ring substituents is 2. The molecule has 2 aliphatic heterocycles. The number of morpholine rings is 2. The molecule has 4 amide bonds. The van der Waals surface area contributed by atoms with E-state index in [9.17, 15) is 29.8 Å². The molecule has 0 unspecified atom stereocenters. The monoisotopic (exact) mass is 1900 g/mol. The van der Waals surface area contributed by atoms with Crippen molar-refractivity contribution in [2.24, 2.45) is 59.3 Å². The first-order valence-electron chi connectivity index (χ1n) is 37.1. The van der Waals surface area contributed by atoms with Crippen LogP contribution in [0, 0.1) is 20.2 Å². The summed E-state index contributed by atoms with van der Waals surface area (Å²) in [5, 5.41) is 46.3. The smallest absolute Gasteiger partial charge is 0.332 e. The van der Waals surface area contributed by atoms with Gasteiger partial charge in [0.05, 0.1) is 78.6 Å². The zero-order valence-corrected chi connectivity index (χ0v) is 72.4. The molecule has 0 radical (unpaired) electrons. The van der Waals surface area contributed by atoms with E-state index in [1.807, 2.05) is 121 Å². The van der Waals surface area contributed by atoms with Gasteiger partial charge < -0.3 is 74.4 Å². The number of aromatic nitrogens is 3. The van der Waals surface area contributed by atoms with Crippen molar-refractivity contribution >= 4 is 181 Å². The van der Waals surface area contributed by atoms with Gasteiger partial charge in [0.15, 0.2) is 15.3 Å². The van der Waals surface area contributed by atoms with Crippen LogP contribution in [-0.4, -0.2) is 142 Å². The molecule has 38 nitrogen and oxygen atoms in total. The van der Waals surface area contributed by atoms with Crippen molar-refractivity contribution in [2.75, 3.05) is 67.8 Å². The quantitative estimate of drug-likeness (QED) is 0.0123. The Balaban J connectivity index is 0.000000162. The number of carbonyl (C=O) groups is 2. The molecular weight excluding hydrogens is 1830 g/mol. The largest absolute Gasteiger partial charge is 0.455 e. The number of hydrogen-bond acceptors (Lipinski definition) is 29. The lowest BCUT2D eigenvalue weighted by atomic mass is 10.1. The van der Waals surface area contributed by atoms with Gasteiger partial charge in [-0.3, -0.25) is 36.5 Å². The number of rotatable bonds is 23. The Morgan fingerprint density at radius 3 is 1.09 bits per heavy atom. The summed E-state index contributed by atoms with van der Waals surface area (Å²) in [5.74, 6) is 8.66. The first-order chi connectivity index (χ1) is 61.3. The SMILES string of the molecule is Clc1ccccc1-c1ccc(/C=N/Nc2nc(N3CCOCC3)nc(N3CCOCC3)n2)o1.NC(=O)N/N=C/c1ccc(-c2ccc(Cl)cc2)o1.NC(=O)N/N=C/c1ccc(-c2ccc([N+](=O)[O-])cc2)o1.NC(=S)N/N=C/c1ccc(-c2ccc(Br)cc2)o1.NC(=S)N/N=C/c1ccc(-c2ccc(Cl)cc2)o1.NC(=S)N/N=C/c1ccc(-c2cccc([N+](=O)[O-])c2)o1. The predicted octanol–water partition coefficient (Wildman–Crippen LogP) is 15.0. The van der Waals surface area contributed by atoms with Gasteiger partial charge in [0, 0.05) is 98.3 Å². The average Bonchev–Trinajstić information content (AvgIpc) is 1.74. The highest BCUT2D eigenvalue weighted by molar-refractivity contribution is 9.10. The number of halogens is 4. The third-order valence-corrected chi connectivity index (χ3v) is 18.0. The summed E-state index contributed by atoms with van der Waals surface area (Å²) in [4.78, 5) is 59.1. The zero-order valence-electron chi connectivity index (χ0n) is 66.1. The number of ether oxygens (including phenoxy) is 2. The highest BCUT2D eigenvalue weighted by Crippen LogP contribution is 2.32. The van der Waals surface area contributed by atoms with Crippen LogP contribution in [-0.2, 0) is 9.47 Å². The maximum Gasteiger partial charge on any atom is 0.332 e. The van der Waals surface area contributed by atoms with Crippen molar-refractivity contribution in [1.82, 2.24) is 42.1 Å². The van der Waals surface area contributed by atoms with E-state index in [1.165, 1.54) is 55.3 Å². The summed E-state index contributed by atoms with van der Waals surface area (Å²) in [5.41, 5.74) is 44.7. The minimum atomic E-state index is -0.775. The summed E-state index contributed by atoms with van der Waals surface area (Å²) in [7, 11) is 0. The topological polar surface area (TPSA) is 539 Å². The number of urea groups is 2. The molecule has 45 heteroatoms. The van der Waals surface area contributed by atoms with Gasteiger partial charge in [-0.05, 0) is 194 Å². The Morgan fingerprint density at radius 1 is 0.394 bits per heavy atom. The lowest BCUT2D eigenvalue weighted by Crippen LogP contribution is -2.40. The maximum atomic E-state index is 10.7. The predicted molar refractivity (Wildman–Crippen MR) is 501 cm³/mol. The molecule has 0 saturated carbocycles. The van der Waals surface area contributed by atoms with E-state index in [2.05, 4.69) is 135 Å². The van der Waals surface area contributed by atoms with Crippen molar-refractivity contribution in [3.63, 3.8) is 0 Å². The Kier molecular flexibility index (Phi) is 36.3. The summed E-state index contributed by atoms with van der Waals surface area (Å²) in [6.07, 6.45) is 8.65. The molecule has 6 aromatic carbocycles. The van der Waals surface area contributed by atoms with E-state index in [1.54, 1.807) is 85.1 Å². The number of benzene rings is 6. The highest BCUT2D eigenvalue weighted by atomic mass is 79.9. The molecule has 0 aliphatic carbocycles. The number of nitro benzene ring substituents is 2. The minimum absolute atomic E-state index is 0.00395. The number of primary amides is 2.